The van der Waals surface area contributed by atoms with Crippen molar-refractivity contribution in [1.82, 2.24) is 30.3 Å². The first-order valence-corrected chi connectivity index (χ1v) is 14.0. The van der Waals surface area contributed by atoms with E-state index >= 15 is 0 Å². The smallest absolute Gasteiger partial charge is 0.282 e. The maximum Gasteiger partial charge on any atom is 0.282 e. The maximum absolute atomic E-state index is 14.2. The zero-order valence-corrected chi connectivity index (χ0v) is 22.8. The molecule has 3 saturated heterocycles. The van der Waals surface area contributed by atoms with E-state index in [1.165, 1.54) is 56.8 Å². The third kappa shape index (κ3) is 5.76. The number of amides is 1. The molecule has 38 heavy (non-hydrogen) atoms. The first-order chi connectivity index (χ1) is 18.4. The number of rotatable bonds is 8. The SMILES string of the molecule is CCN(C(=O)c1cc(F)ccc1Oc1nncnc1N1CC2(CCN(CC3CCNCC3)CC2)C1)C(C)C. The highest BCUT2D eigenvalue weighted by atomic mass is 19.1. The van der Waals surface area contributed by atoms with Crippen LogP contribution in [-0.2, 0) is 0 Å². The number of likely N-dealkylation sites (tertiary alicyclic amines) is 1. The predicted octanol–water partition coefficient (Wildman–Crippen LogP) is 3.58. The summed E-state index contributed by atoms with van der Waals surface area (Å²) in [5.74, 6) is 1.15. The number of hydrogen-bond acceptors (Lipinski definition) is 8. The van der Waals surface area contributed by atoms with Gasteiger partial charge < -0.3 is 24.8 Å². The molecule has 4 heterocycles. The fourth-order valence-corrected chi connectivity index (χ4v) is 6.17. The Morgan fingerprint density at radius 2 is 1.97 bits per heavy atom. The van der Waals surface area contributed by atoms with E-state index < -0.39 is 5.82 Å². The lowest BCUT2D eigenvalue weighted by atomic mass is 9.72. The molecule has 0 saturated carbocycles. The van der Waals surface area contributed by atoms with Crippen LogP contribution >= 0.6 is 0 Å². The van der Waals surface area contributed by atoms with Crippen molar-refractivity contribution < 1.29 is 13.9 Å². The van der Waals surface area contributed by atoms with E-state index in [0.29, 0.717) is 17.8 Å². The van der Waals surface area contributed by atoms with Crippen molar-refractivity contribution in [2.75, 3.05) is 57.3 Å². The summed E-state index contributed by atoms with van der Waals surface area (Å²) in [6, 6.07) is 3.96. The van der Waals surface area contributed by atoms with Gasteiger partial charge in [-0.3, -0.25) is 4.79 Å². The third-order valence-corrected chi connectivity index (χ3v) is 8.42. The van der Waals surface area contributed by atoms with E-state index in [4.69, 9.17) is 4.74 Å². The lowest BCUT2D eigenvalue weighted by Crippen LogP contribution is -2.61. The second kappa shape index (κ2) is 11.5. The van der Waals surface area contributed by atoms with Crippen LogP contribution in [0.15, 0.2) is 24.5 Å². The summed E-state index contributed by atoms with van der Waals surface area (Å²) in [7, 11) is 0. The monoisotopic (exact) mass is 525 g/mol. The summed E-state index contributed by atoms with van der Waals surface area (Å²) < 4.78 is 20.3. The number of piperidine rings is 2. The van der Waals surface area contributed by atoms with Crippen LogP contribution in [0.2, 0.25) is 0 Å². The number of carbonyl (C=O) groups excluding carboxylic acids is 1. The lowest BCUT2D eigenvalue weighted by Gasteiger charge is -2.54. The van der Waals surface area contributed by atoms with Gasteiger partial charge in [0.05, 0.1) is 5.56 Å². The molecular formula is C28H40FN7O2. The Balaban J connectivity index is 1.25. The van der Waals surface area contributed by atoms with Crippen LogP contribution in [-0.4, -0.2) is 89.3 Å². The van der Waals surface area contributed by atoms with Crippen molar-refractivity contribution in [3.05, 3.63) is 35.9 Å². The molecule has 5 rings (SSSR count). The van der Waals surface area contributed by atoms with Gasteiger partial charge in [0.2, 0.25) is 0 Å². The number of anilines is 1. The molecule has 3 aliphatic rings. The van der Waals surface area contributed by atoms with Crippen molar-refractivity contribution in [2.45, 2.75) is 52.5 Å². The fourth-order valence-electron chi connectivity index (χ4n) is 6.17. The van der Waals surface area contributed by atoms with Gasteiger partial charge in [-0.1, -0.05) is 0 Å². The Labute approximate surface area is 224 Å². The summed E-state index contributed by atoms with van der Waals surface area (Å²) in [5, 5.41) is 11.6. The van der Waals surface area contributed by atoms with Crippen molar-refractivity contribution in [2.24, 2.45) is 11.3 Å². The summed E-state index contributed by atoms with van der Waals surface area (Å²) in [6.45, 7) is 13.9. The van der Waals surface area contributed by atoms with Crippen molar-refractivity contribution in [3.63, 3.8) is 0 Å². The standard InChI is InChI=1S/C28H40FN7O2/c1-4-36(20(2)3)27(37)23-15-22(29)5-6-24(23)38-26-25(31-19-32-33-26)35-17-28(18-35)9-13-34(14-10-28)16-21-7-11-30-12-8-21/h5-6,15,19-21,30H,4,7-14,16-18H2,1-3H3. The molecule has 0 radical (unpaired) electrons. The molecule has 0 unspecified atom stereocenters. The average molecular weight is 526 g/mol. The molecule has 1 amide bonds. The fraction of sp³-hybridized carbons (Fsp3) is 0.643. The van der Waals surface area contributed by atoms with Crippen LogP contribution < -0.4 is 15.0 Å². The Kier molecular flexibility index (Phi) is 8.09. The van der Waals surface area contributed by atoms with E-state index in [-0.39, 0.29) is 29.1 Å². The molecule has 2 aromatic rings. The van der Waals surface area contributed by atoms with Crippen LogP contribution in [0.25, 0.3) is 0 Å². The molecule has 0 aliphatic carbocycles. The van der Waals surface area contributed by atoms with Gasteiger partial charge in [0, 0.05) is 37.6 Å². The number of halogens is 1. The molecule has 9 nitrogen and oxygen atoms in total. The third-order valence-electron chi connectivity index (χ3n) is 8.42. The molecule has 10 heteroatoms. The normalized spacial score (nSPS) is 20.0. The number of carbonyl (C=O) groups is 1. The number of ether oxygens (including phenoxy) is 1. The highest BCUT2D eigenvalue weighted by molar-refractivity contribution is 5.97. The van der Waals surface area contributed by atoms with Crippen LogP contribution in [0, 0.1) is 17.2 Å². The first-order valence-electron chi connectivity index (χ1n) is 14.0. The van der Waals surface area contributed by atoms with Crippen LogP contribution in [0.1, 0.15) is 56.8 Å². The molecular weight excluding hydrogens is 485 g/mol. The summed E-state index contributed by atoms with van der Waals surface area (Å²) in [5.41, 5.74) is 0.460. The van der Waals surface area contributed by atoms with Gasteiger partial charge in [0.15, 0.2) is 5.82 Å². The van der Waals surface area contributed by atoms with Gasteiger partial charge in [0.1, 0.15) is 17.9 Å². The zero-order chi connectivity index (χ0) is 26.7. The number of hydrogen-bond donors (Lipinski definition) is 1. The minimum Gasteiger partial charge on any atom is -0.434 e. The van der Waals surface area contributed by atoms with Crippen molar-refractivity contribution in [1.29, 1.82) is 0 Å². The first kappa shape index (κ1) is 26.7. The van der Waals surface area contributed by atoms with E-state index in [0.717, 1.165) is 45.2 Å². The Morgan fingerprint density at radius 1 is 1.24 bits per heavy atom. The number of aromatic nitrogens is 3. The molecule has 1 aromatic heterocycles. The quantitative estimate of drug-likeness (QED) is 0.560. The van der Waals surface area contributed by atoms with Gasteiger partial charge in [-0.05, 0) is 96.8 Å². The molecule has 3 aliphatic heterocycles. The second-order valence-corrected chi connectivity index (χ2v) is 11.4. The topological polar surface area (TPSA) is 86.7 Å². The Morgan fingerprint density at radius 3 is 2.66 bits per heavy atom. The van der Waals surface area contributed by atoms with E-state index in [1.807, 2.05) is 20.8 Å². The van der Waals surface area contributed by atoms with Gasteiger partial charge in [-0.15, -0.1) is 10.2 Å². The number of nitrogens with one attached hydrogen (secondary N) is 1. The van der Waals surface area contributed by atoms with E-state index in [1.54, 1.807) is 4.90 Å². The highest BCUT2D eigenvalue weighted by Gasteiger charge is 2.46. The van der Waals surface area contributed by atoms with Gasteiger partial charge >= 0.3 is 0 Å². The summed E-state index contributed by atoms with van der Waals surface area (Å²) >= 11 is 0. The van der Waals surface area contributed by atoms with Crippen molar-refractivity contribution in [3.8, 4) is 11.6 Å². The average Bonchev–Trinajstić information content (AvgIpc) is 2.90. The zero-order valence-electron chi connectivity index (χ0n) is 22.8. The predicted molar refractivity (Wildman–Crippen MR) is 144 cm³/mol. The molecule has 0 bridgehead atoms. The lowest BCUT2D eigenvalue weighted by molar-refractivity contribution is 0.0634. The molecule has 1 N–H and O–H groups in total. The second-order valence-electron chi connectivity index (χ2n) is 11.4. The van der Waals surface area contributed by atoms with Gasteiger partial charge in [-0.25, -0.2) is 9.37 Å². The van der Waals surface area contributed by atoms with E-state index in [9.17, 15) is 9.18 Å². The Hall–Kier alpha value is -2.85. The molecule has 0 atom stereocenters. The number of benzene rings is 1. The van der Waals surface area contributed by atoms with Crippen LogP contribution in [0.5, 0.6) is 11.6 Å². The van der Waals surface area contributed by atoms with Crippen LogP contribution in [0.3, 0.4) is 0 Å². The molecule has 1 spiro atoms. The van der Waals surface area contributed by atoms with E-state index in [2.05, 4.69) is 30.3 Å². The highest BCUT2D eigenvalue weighted by Crippen LogP contribution is 2.44. The minimum atomic E-state index is -0.491. The Bertz CT molecular complexity index is 1110. The van der Waals surface area contributed by atoms with Gasteiger partial charge in [0.25, 0.3) is 11.8 Å². The van der Waals surface area contributed by atoms with Gasteiger partial charge in [-0.2, -0.15) is 0 Å². The molecule has 206 valence electrons. The maximum atomic E-state index is 14.2. The van der Waals surface area contributed by atoms with Crippen molar-refractivity contribution >= 4 is 11.7 Å². The summed E-state index contributed by atoms with van der Waals surface area (Å²) in [4.78, 5) is 24.2. The number of nitrogens with zero attached hydrogens (tertiary/aromatic N) is 6. The largest absolute Gasteiger partial charge is 0.434 e. The molecule has 3 fully saturated rings. The molecule has 1 aromatic carbocycles. The van der Waals surface area contributed by atoms with Crippen LogP contribution in [0.4, 0.5) is 10.2 Å². The minimum absolute atomic E-state index is 0.0271. The summed E-state index contributed by atoms with van der Waals surface area (Å²) in [6.07, 6.45) is 6.36.